The lowest BCUT2D eigenvalue weighted by atomic mass is 9.95. The lowest BCUT2D eigenvalue weighted by Crippen LogP contribution is -2.27. The number of fused-ring (bicyclic) bond motifs is 1. The molecule has 0 fully saturated rings. The minimum atomic E-state index is -4.64. The standard InChI is InChI=1S/C25H26F3N3O5/c1-2-3-4-13-36-19-8-5-16(6-9-19)22(32)14-17(24(34)35)11-12-31-23(33)20-15-18(25(26,27)28)7-10-21(20)29-30-31/h5-10,15,17H,2-4,11-14H2,1H3,(H,34,35). The molecule has 0 spiro atoms. The number of aryl methyl sites for hydroxylation is 1. The zero-order valence-corrected chi connectivity index (χ0v) is 19.6. The SMILES string of the molecule is CCCCCOc1ccc(C(=O)CC(CCn2nnc3ccc(C(F)(F)F)cc3c2=O)C(=O)O)cc1. The van der Waals surface area contributed by atoms with E-state index in [-0.39, 0.29) is 30.3 Å². The molecule has 0 amide bonds. The molecule has 1 atom stereocenters. The summed E-state index contributed by atoms with van der Waals surface area (Å²) >= 11 is 0. The molecule has 2 aromatic carbocycles. The van der Waals surface area contributed by atoms with Gasteiger partial charge in [-0.1, -0.05) is 25.0 Å². The molecule has 1 unspecified atom stereocenters. The molecule has 36 heavy (non-hydrogen) atoms. The number of Topliss-reactive ketones (excluding diaryl/α,β-unsaturated/α-hetero) is 1. The third kappa shape index (κ3) is 6.89. The molecule has 3 rings (SSSR count). The van der Waals surface area contributed by atoms with Gasteiger partial charge >= 0.3 is 12.1 Å². The molecule has 11 heteroatoms. The molecule has 0 saturated carbocycles. The summed E-state index contributed by atoms with van der Waals surface area (Å²) in [5, 5.41) is 16.7. The van der Waals surface area contributed by atoms with E-state index >= 15 is 0 Å². The van der Waals surface area contributed by atoms with Crippen molar-refractivity contribution in [3.8, 4) is 5.75 Å². The number of benzene rings is 2. The van der Waals surface area contributed by atoms with Gasteiger partial charge in [-0.2, -0.15) is 13.2 Å². The number of carbonyl (C=O) groups is 2. The monoisotopic (exact) mass is 505 g/mol. The predicted molar refractivity (Wildman–Crippen MR) is 125 cm³/mol. The van der Waals surface area contributed by atoms with Gasteiger partial charge in [0.1, 0.15) is 11.3 Å². The highest BCUT2D eigenvalue weighted by Gasteiger charge is 2.31. The van der Waals surface area contributed by atoms with E-state index in [9.17, 15) is 32.7 Å². The molecule has 192 valence electrons. The van der Waals surface area contributed by atoms with Crippen LogP contribution in [0.5, 0.6) is 5.75 Å². The molecule has 0 aliphatic rings. The number of ether oxygens (including phenoxy) is 1. The average molecular weight is 505 g/mol. The number of unbranched alkanes of at least 4 members (excludes halogenated alkanes) is 2. The highest BCUT2D eigenvalue weighted by molar-refractivity contribution is 5.98. The number of carbonyl (C=O) groups excluding carboxylic acids is 1. The van der Waals surface area contributed by atoms with Crippen molar-refractivity contribution >= 4 is 22.7 Å². The number of alkyl halides is 3. The van der Waals surface area contributed by atoms with E-state index in [1.54, 1.807) is 24.3 Å². The van der Waals surface area contributed by atoms with Gasteiger partial charge in [0.25, 0.3) is 5.56 Å². The van der Waals surface area contributed by atoms with Gasteiger partial charge in [-0.3, -0.25) is 14.4 Å². The smallest absolute Gasteiger partial charge is 0.416 e. The minimum absolute atomic E-state index is 0.00741. The van der Waals surface area contributed by atoms with Gasteiger partial charge in [-0.05, 0) is 55.3 Å². The summed E-state index contributed by atoms with van der Waals surface area (Å²) in [6.45, 7) is 2.43. The van der Waals surface area contributed by atoms with Gasteiger partial charge < -0.3 is 9.84 Å². The molecule has 0 aliphatic heterocycles. The maximum Gasteiger partial charge on any atom is 0.416 e. The van der Waals surface area contributed by atoms with Crippen LogP contribution in [0.4, 0.5) is 13.2 Å². The normalized spacial score (nSPS) is 12.4. The van der Waals surface area contributed by atoms with Crippen LogP contribution in [0.15, 0.2) is 47.3 Å². The second kappa shape index (κ2) is 11.8. The highest BCUT2D eigenvalue weighted by Crippen LogP contribution is 2.30. The van der Waals surface area contributed by atoms with Crippen LogP contribution in [-0.2, 0) is 17.5 Å². The van der Waals surface area contributed by atoms with Crippen LogP contribution in [0, 0.1) is 5.92 Å². The van der Waals surface area contributed by atoms with Crippen molar-refractivity contribution < 1.29 is 32.6 Å². The van der Waals surface area contributed by atoms with Crippen molar-refractivity contribution in [2.75, 3.05) is 6.61 Å². The highest BCUT2D eigenvalue weighted by atomic mass is 19.4. The summed E-state index contributed by atoms with van der Waals surface area (Å²) < 4.78 is 45.4. The Bertz CT molecular complexity index is 1270. The fourth-order valence-corrected chi connectivity index (χ4v) is 3.61. The summed E-state index contributed by atoms with van der Waals surface area (Å²) in [5.74, 6) is -2.15. The van der Waals surface area contributed by atoms with Gasteiger partial charge in [0.05, 0.1) is 23.5 Å². The van der Waals surface area contributed by atoms with Gasteiger partial charge in [0.2, 0.25) is 0 Å². The first-order valence-electron chi connectivity index (χ1n) is 11.5. The van der Waals surface area contributed by atoms with E-state index in [0.717, 1.165) is 36.1 Å². The van der Waals surface area contributed by atoms with Gasteiger partial charge in [0, 0.05) is 18.5 Å². The van der Waals surface area contributed by atoms with Gasteiger partial charge in [-0.15, -0.1) is 5.10 Å². The Morgan fingerprint density at radius 1 is 1.11 bits per heavy atom. The second-order valence-corrected chi connectivity index (χ2v) is 8.38. The topological polar surface area (TPSA) is 111 Å². The van der Waals surface area contributed by atoms with E-state index in [1.165, 1.54) is 0 Å². The fourth-order valence-electron chi connectivity index (χ4n) is 3.61. The zero-order valence-electron chi connectivity index (χ0n) is 19.6. The van der Waals surface area contributed by atoms with Gasteiger partial charge in [0.15, 0.2) is 5.78 Å². The molecule has 0 saturated heterocycles. The minimum Gasteiger partial charge on any atom is -0.494 e. The van der Waals surface area contributed by atoms with E-state index < -0.39 is 35.0 Å². The van der Waals surface area contributed by atoms with Crippen LogP contribution >= 0.6 is 0 Å². The van der Waals surface area contributed by atoms with Crippen molar-refractivity contribution in [2.45, 2.75) is 51.7 Å². The zero-order chi connectivity index (χ0) is 26.3. The third-order valence-electron chi connectivity index (χ3n) is 5.71. The molecule has 1 heterocycles. The van der Waals surface area contributed by atoms with Crippen molar-refractivity contribution in [1.82, 2.24) is 15.0 Å². The van der Waals surface area contributed by atoms with Crippen molar-refractivity contribution in [3.63, 3.8) is 0 Å². The number of aromatic nitrogens is 3. The fraction of sp³-hybridized carbons (Fsp3) is 0.400. The number of carboxylic acid groups (broad SMARTS) is 1. The van der Waals surface area contributed by atoms with Crippen LogP contribution in [0.2, 0.25) is 0 Å². The Labute approximate surface area is 204 Å². The Morgan fingerprint density at radius 2 is 1.83 bits per heavy atom. The molecule has 0 bridgehead atoms. The summed E-state index contributed by atoms with van der Waals surface area (Å²) in [6, 6.07) is 8.97. The van der Waals surface area contributed by atoms with Crippen LogP contribution < -0.4 is 10.3 Å². The maximum atomic E-state index is 13.0. The molecule has 1 aromatic heterocycles. The van der Waals surface area contributed by atoms with Crippen molar-refractivity contribution in [2.24, 2.45) is 5.92 Å². The number of nitrogens with zero attached hydrogens (tertiary/aromatic N) is 3. The lowest BCUT2D eigenvalue weighted by Gasteiger charge is -2.13. The van der Waals surface area contributed by atoms with Crippen LogP contribution in [-0.4, -0.2) is 38.5 Å². The number of hydrogen-bond donors (Lipinski definition) is 1. The Hall–Kier alpha value is -3.76. The quantitative estimate of drug-likeness (QED) is 0.279. The van der Waals surface area contributed by atoms with E-state index in [4.69, 9.17) is 4.74 Å². The molecule has 1 N–H and O–H groups in total. The molecular weight excluding hydrogens is 479 g/mol. The summed E-state index contributed by atoms with van der Waals surface area (Å²) in [5.41, 5.74) is -1.51. The molecule has 8 nitrogen and oxygen atoms in total. The van der Waals surface area contributed by atoms with Gasteiger partial charge in [-0.25, -0.2) is 4.68 Å². The number of carboxylic acids is 1. The van der Waals surface area contributed by atoms with Crippen molar-refractivity contribution in [3.05, 3.63) is 63.9 Å². The summed E-state index contributed by atoms with van der Waals surface area (Å²) in [6.07, 6.45) is -2.05. The first-order valence-corrected chi connectivity index (χ1v) is 11.5. The first kappa shape index (κ1) is 26.8. The summed E-state index contributed by atoms with van der Waals surface area (Å²) in [4.78, 5) is 37.0. The van der Waals surface area contributed by atoms with Crippen LogP contribution in [0.1, 0.15) is 54.9 Å². The lowest BCUT2D eigenvalue weighted by molar-refractivity contribution is -0.142. The van der Waals surface area contributed by atoms with Crippen molar-refractivity contribution in [1.29, 1.82) is 0 Å². The second-order valence-electron chi connectivity index (χ2n) is 8.38. The van der Waals surface area contributed by atoms with E-state index in [2.05, 4.69) is 17.2 Å². The third-order valence-corrected chi connectivity index (χ3v) is 5.71. The molecular formula is C25H26F3N3O5. The Morgan fingerprint density at radius 3 is 2.47 bits per heavy atom. The Balaban J connectivity index is 1.67. The number of halogens is 3. The molecule has 0 aliphatic carbocycles. The number of rotatable bonds is 12. The largest absolute Gasteiger partial charge is 0.494 e. The molecule has 3 aromatic rings. The van der Waals surface area contributed by atoms with Crippen LogP contribution in [0.25, 0.3) is 10.9 Å². The maximum absolute atomic E-state index is 13.0. The number of ketones is 1. The van der Waals surface area contributed by atoms with E-state index in [1.807, 2.05) is 0 Å². The predicted octanol–water partition coefficient (Wildman–Crippen LogP) is 4.74. The van der Waals surface area contributed by atoms with Crippen LogP contribution in [0.3, 0.4) is 0 Å². The first-order chi connectivity index (χ1) is 17.1. The summed E-state index contributed by atoms with van der Waals surface area (Å²) in [7, 11) is 0. The Kier molecular flexibility index (Phi) is 8.78. The number of hydrogen-bond acceptors (Lipinski definition) is 6. The average Bonchev–Trinajstić information content (AvgIpc) is 2.84. The molecule has 0 radical (unpaired) electrons. The number of aliphatic carboxylic acids is 1. The van der Waals surface area contributed by atoms with E-state index in [0.29, 0.717) is 24.0 Å².